The first-order valence-electron chi connectivity index (χ1n) is 11.9. The van der Waals surface area contributed by atoms with Crippen LogP contribution in [-0.4, -0.2) is 34.1 Å². The Kier molecular flexibility index (Phi) is 7.75. The number of aliphatic carboxylic acids is 2. The average Bonchev–Trinajstić information content (AvgIpc) is 2.83. The molecule has 0 heterocycles. The number of halogens is 1. The highest BCUT2D eigenvalue weighted by molar-refractivity contribution is 6.30. The molecule has 3 N–H and O–H groups in total. The standard InChI is InChI=1S/C29H28ClNO5/c1-17(31-27(32)24-16-25(28(33)34)26(24)29(35)36)23(15-18-7-13-22(30)14-8-18)21-11-9-20(10-12-21)19-5-3-2-4-6-19/h2-14,17,23-26H,15-16H2,1H3,(H,31,32)(H,33,34)(H,35,36)/t17-,23-,24+,25+,26-/m0/s1. The number of carbonyl (C=O) groups is 3. The van der Waals surface area contributed by atoms with Gasteiger partial charge in [0.15, 0.2) is 0 Å². The van der Waals surface area contributed by atoms with Crippen molar-refractivity contribution in [1.29, 1.82) is 0 Å². The third kappa shape index (κ3) is 5.60. The molecule has 36 heavy (non-hydrogen) atoms. The van der Waals surface area contributed by atoms with Crippen LogP contribution in [0.25, 0.3) is 11.1 Å². The topological polar surface area (TPSA) is 104 Å². The normalized spacial score (nSPS) is 20.6. The lowest BCUT2D eigenvalue weighted by Gasteiger charge is -2.39. The fourth-order valence-corrected chi connectivity index (χ4v) is 5.09. The molecule has 4 rings (SSSR count). The molecule has 5 atom stereocenters. The number of hydrogen-bond acceptors (Lipinski definition) is 3. The van der Waals surface area contributed by atoms with Gasteiger partial charge in [-0.05, 0) is 54.2 Å². The van der Waals surface area contributed by atoms with Crippen LogP contribution in [0, 0.1) is 17.8 Å². The van der Waals surface area contributed by atoms with Crippen molar-refractivity contribution in [3.8, 4) is 11.1 Å². The van der Waals surface area contributed by atoms with Crippen molar-refractivity contribution in [2.24, 2.45) is 17.8 Å². The van der Waals surface area contributed by atoms with Gasteiger partial charge in [0.1, 0.15) is 0 Å². The Balaban J connectivity index is 1.55. The third-order valence-corrected chi connectivity index (χ3v) is 7.35. The SMILES string of the molecule is C[C@H](NC(=O)[C@@H]1C[C@@H](C(=O)O)[C@H]1C(=O)O)[C@H](Cc1ccc(Cl)cc1)c1ccc(-c2ccccc2)cc1. The smallest absolute Gasteiger partial charge is 0.308 e. The monoisotopic (exact) mass is 505 g/mol. The Morgan fingerprint density at radius 3 is 2.06 bits per heavy atom. The minimum atomic E-state index is -1.25. The summed E-state index contributed by atoms with van der Waals surface area (Å²) >= 11 is 6.06. The molecule has 6 nitrogen and oxygen atoms in total. The molecule has 3 aromatic rings. The molecule has 1 amide bonds. The van der Waals surface area contributed by atoms with Gasteiger partial charge in [0, 0.05) is 17.0 Å². The zero-order valence-corrected chi connectivity index (χ0v) is 20.6. The number of carbonyl (C=O) groups excluding carboxylic acids is 1. The van der Waals surface area contributed by atoms with Gasteiger partial charge in [-0.15, -0.1) is 0 Å². The van der Waals surface area contributed by atoms with Gasteiger partial charge in [-0.25, -0.2) is 0 Å². The molecule has 0 aliphatic heterocycles. The van der Waals surface area contributed by atoms with E-state index in [9.17, 15) is 24.6 Å². The fraction of sp³-hybridized carbons (Fsp3) is 0.276. The summed E-state index contributed by atoms with van der Waals surface area (Å²) in [6.07, 6.45) is 0.659. The molecule has 0 unspecified atom stereocenters. The molecule has 0 radical (unpaired) electrons. The molecular formula is C29H28ClNO5. The number of nitrogens with one attached hydrogen (secondary N) is 1. The summed E-state index contributed by atoms with van der Waals surface area (Å²) < 4.78 is 0. The summed E-state index contributed by atoms with van der Waals surface area (Å²) in [6.45, 7) is 1.90. The Morgan fingerprint density at radius 2 is 1.47 bits per heavy atom. The van der Waals surface area contributed by atoms with Crippen LogP contribution >= 0.6 is 11.6 Å². The molecule has 1 aliphatic rings. The number of hydrogen-bond donors (Lipinski definition) is 3. The molecule has 0 saturated heterocycles. The third-order valence-electron chi connectivity index (χ3n) is 7.10. The summed E-state index contributed by atoms with van der Waals surface area (Å²) in [6, 6.07) is 25.5. The van der Waals surface area contributed by atoms with E-state index in [0.717, 1.165) is 22.3 Å². The molecule has 0 bridgehead atoms. The maximum absolute atomic E-state index is 13.0. The highest BCUT2D eigenvalue weighted by atomic mass is 35.5. The molecule has 0 aromatic heterocycles. The summed E-state index contributed by atoms with van der Waals surface area (Å²) in [5.74, 6) is -6.07. The number of carboxylic acids is 2. The Bertz CT molecular complexity index is 1230. The second-order valence-corrected chi connectivity index (χ2v) is 9.81. The van der Waals surface area contributed by atoms with Gasteiger partial charge in [0.2, 0.25) is 5.91 Å². The van der Waals surface area contributed by atoms with E-state index in [4.69, 9.17) is 11.6 Å². The van der Waals surface area contributed by atoms with E-state index in [1.165, 1.54) is 0 Å². The Morgan fingerprint density at radius 1 is 0.861 bits per heavy atom. The van der Waals surface area contributed by atoms with Crippen molar-refractivity contribution in [2.45, 2.75) is 31.7 Å². The molecule has 186 valence electrons. The maximum Gasteiger partial charge on any atom is 0.308 e. The van der Waals surface area contributed by atoms with E-state index < -0.39 is 35.6 Å². The minimum Gasteiger partial charge on any atom is -0.481 e. The second kappa shape index (κ2) is 11.0. The number of benzene rings is 3. The van der Waals surface area contributed by atoms with Crippen LogP contribution in [-0.2, 0) is 20.8 Å². The first-order chi connectivity index (χ1) is 17.2. The fourth-order valence-electron chi connectivity index (χ4n) is 4.96. The van der Waals surface area contributed by atoms with Gasteiger partial charge in [0.05, 0.1) is 17.8 Å². The first kappa shape index (κ1) is 25.5. The second-order valence-electron chi connectivity index (χ2n) is 9.37. The van der Waals surface area contributed by atoms with E-state index >= 15 is 0 Å². The van der Waals surface area contributed by atoms with Crippen LogP contribution in [0.2, 0.25) is 5.02 Å². The van der Waals surface area contributed by atoms with Gasteiger partial charge >= 0.3 is 11.9 Å². The predicted octanol–water partition coefficient (Wildman–Crippen LogP) is 5.26. The van der Waals surface area contributed by atoms with Crippen molar-refractivity contribution < 1.29 is 24.6 Å². The van der Waals surface area contributed by atoms with Crippen LogP contribution in [0.3, 0.4) is 0 Å². The molecule has 0 spiro atoms. The summed E-state index contributed by atoms with van der Waals surface area (Å²) in [5.41, 5.74) is 4.27. The van der Waals surface area contributed by atoms with Gasteiger partial charge in [-0.3, -0.25) is 14.4 Å². The molecule has 1 saturated carbocycles. The van der Waals surface area contributed by atoms with Crippen LogP contribution in [0.15, 0.2) is 78.9 Å². The van der Waals surface area contributed by atoms with E-state index in [1.807, 2.05) is 61.5 Å². The lowest BCUT2D eigenvalue weighted by atomic mass is 9.64. The van der Waals surface area contributed by atoms with Gasteiger partial charge in [-0.2, -0.15) is 0 Å². The molecule has 7 heteroatoms. The van der Waals surface area contributed by atoms with E-state index in [2.05, 4.69) is 29.6 Å². The summed E-state index contributed by atoms with van der Waals surface area (Å²) in [5, 5.41) is 22.4. The van der Waals surface area contributed by atoms with E-state index in [-0.39, 0.29) is 18.4 Å². The van der Waals surface area contributed by atoms with Crippen LogP contribution in [0.5, 0.6) is 0 Å². The molecule has 1 fully saturated rings. The highest BCUT2D eigenvalue weighted by Gasteiger charge is 2.53. The molecule has 3 aromatic carbocycles. The van der Waals surface area contributed by atoms with E-state index in [0.29, 0.717) is 11.4 Å². The lowest BCUT2D eigenvalue weighted by Crippen LogP contribution is -2.54. The lowest BCUT2D eigenvalue weighted by molar-refractivity contribution is -0.169. The zero-order chi connectivity index (χ0) is 25.8. The maximum atomic E-state index is 13.0. The average molecular weight is 506 g/mol. The summed E-state index contributed by atoms with van der Waals surface area (Å²) in [7, 11) is 0. The van der Waals surface area contributed by atoms with Crippen molar-refractivity contribution in [1.82, 2.24) is 5.32 Å². The van der Waals surface area contributed by atoms with Gasteiger partial charge in [0.25, 0.3) is 0 Å². The van der Waals surface area contributed by atoms with Crippen molar-refractivity contribution in [3.63, 3.8) is 0 Å². The summed E-state index contributed by atoms with van der Waals surface area (Å²) in [4.78, 5) is 36.0. The number of carboxylic acid groups (broad SMARTS) is 2. The minimum absolute atomic E-state index is 0.0263. The van der Waals surface area contributed by atoms with Crippen molar-refractivity contribution in [3.05, 3.63) is 95.0 Å². The van der Waals surface area contributed by atoms with Crippen LogP contribution in [0.4, 0.5) is 0 Å². The predicted molar refractivity (Wildman–Crippen MR) is 138 cm³/mol. The highest BCUT2D eigenvalue weighted by Crippen LogP contribution is 2.41. The molecule has 1 aliphatic carbocycles. The van der Waals surface area contributed by atoms with Crippen LogP contribution in [0.1, 0.15) is 30.4 Å². The molecular weight excluding hydrogens is 478 g/mol. The van der Waals surface area contributed by atoms with Crippen LogP contribution < -0.4 is 5.32 Å². The largest absolute Gasteiger partial charge is 0.481 e. The van der Waals surface area contributed by atoms with E-state index in [1.54, 1.807) is 0 Å². The van der Waals surface area contributed by atoms with Gasteiger partial charge in [-0.1, -0.05) is 78.3 Å². The first-order valence-corrected chi connectivity index (χ1v) is 12.3. The Hall–Kier alpha value is -3.64. The van der Waals surface area contributed by atoms with Crippen molar-refractivity contribution in [2.75, 3.05) is 0 Å². The number of amides is 1. The van der Waals surface area contributed by atoms with Gasteiger partial charge < -0.3 is 15.5 Å². The number of rotatable bonds is 9. The quantitative estimate of drug-likeness (QED) is 0.368. The Labute approximate surface area is 214 Å². The zero-order valence-electron chi connectivity index (χ0n) is 19.8. The van der Waals surface area contributed by atoms with Crippen molar-refractivity contribution >= 4 is 29.4 Å².